The van der Waals surface area contributed by atoms with Gasteiger partial charge in [-0.15, -0.1) is 22.7 Å². The topological polar surface area (TPSA) is 80.3 Å². The summed E-state index contributed by atoms with van der Waals surface area (Å²) in [6.07, 6.45) is 4.81. The van der Waals surface area contributed by atoms with E-state index in [0.29, 0.717) is 15.4 Å². The highest BCUT2D eigenvalue weighted by molar-refractivity contribution is 7.90. The lowest BCUT2D eigenvalue weighted by molar-refractivity contribution is 0.102. The average molecular weight is 480 g/mol. The zero-order valence-corrected chi connectivity index (χ0v) is 19.2. The minimum atomic E-state index is -3.49. The van der Waals surface area contributed by atoms with Crippen molar-refractivity contribution in [1.29, 1.82) is 0 Å². The van der Waals surface area contributed by atoms with Crippen molar-refractivity contribution in [3.05, 3.63) is 67.2 Å². The molecule has 0 spiro atoms. The number of rotatable bonds is 5. The Morgan fingerprint density at radius 2 is 1.90 bits per heavy atom. The number of fused-ring (bicyclic) bond motifs is 1. The van der Waals surface area contributed by atoms with Crippen molar-refractivity contribution < 1.29 is 18.0 Å². The van der Waals surface area contributed by atoms with E-state index in [-0.39, 0.29) is 21.3 Å². The van der Waals surface area contributed by atoms with Crippen LogP contribution >= 0.6 is 34.3 Å². The van der Waals surface area contributed by atoms with Crippen molar-refractivity contribution in [2.45, 2.75) is 30.6 Å². The summed E-state index contributed by atoms with van der Waals surface area (Å²) in [5.41, 5.74) is 1.61. The van der Waals surface area contributed by atoms with Crippen molar-refractivity contribution in [2.75, 3.05) is 11.6 Å². The Hall–Kier alpha value is -2.00. The number of nitrogens with one attached hydrogen (secondary N) is 1. The number of aryl methyl sites for hydroxylation is 1. The number of sulfone groups is 1. The van der Waals surface area contributed by atoms with Crippen LogP contribution in [0.5, 0.6) is 0 Å². The summed E-state index contributed by atoms with van der Waals surface area (Å²) in [5.74, 6) is -0.639. The summed E-state index contributed by atoms with van der Waals surface area (Å²) in [7, 11) is -3.49. The van der Waals surface area contributed by atoms with Crippen LogP contribution in [0.2, 0.25) is 5.02 Å². The van der Waals surface area contributed by atoms with Gasteiger partial charge in [0.05, 0.1) is 25.9 Å². The summed E-state index contributed by atoms with van der Waals surface area (Å²) in [4.78, 5) is 27.9. The van der Waals surface area contributed by atoms with E-state index < -0.39 is 15.7 Å². The second-order valence-electron chi connectivity index (χ2n) is 7.09. The molecular formula is C21H18ClNO4S3. The van der Waals surface area contributed by atoms with Crippen LogP contribution in [0.4, 0.5) is 5.00 Å². The standard InChI is InChI=1S/C21H18ClNO4S3/c1-30(26,27)12-8-9-15(22)14(11-12)20(25)23-21-18(19(24)17-7-4-10-28-17)13-5-2-3-6-16(13)29-21/h4,7-11H,2-3,5-6H2,1H3,(H,23,25). The van der Waals surface area contributed by atoms with Gasteiger partial charge >= 0.3 is 0 Å². The van der Waals surface area contributed by atoms with E-state index >= 15 is 0 Å². The van der Waals surface area contributed by atoms with Crippen LogP contribution in [0, 0.1) is 0 Å². The zero-order valence-electron chi connectivity index (χ0n) is 16.0. The summed E-state index contributed by atoms with van der Waals surface area (Å²) >= 11 is 8.96. The molecular weight excluding hydrogens is 462 g/mol. The third-order valence-corrected chi connectivity index (χ3v) is 8.50. The van der Waals surface area contributed by atoms with Gasteiger partial charge in [0.15, 0.2) is 9.84 Å². The number of hydrogen-bond donors (Lipinski definition) is 1. The second-order valence-corrected chi connectivity index (χ2v) is 11.6. The van der Waals surface area contributed by atoms with E-state index in [1.165, 1.54) is 40.9 Å². The number of carbonyl (C=O) groups is 2. The van der Waals surface area contributed by atoms with Crippen molar-refractivity contribution in [3.63, 3.8) is 0 Å². The predicted octanol–water partition coefficient (Wildman–Crippen LogP) is 5.23. The van der Waals surface area contributed by atoms with E-state index in [4.69, 9.17) is 11.6 Å². The Bertz CT molecular complexity index is 1240. The summed E-state index contributed by atoms with van der Waals surface area (Å²) < 4.78 is 23.7. The van der Waals surface area contributed by atoms with E-state index in [1.54, 1.807) is 6.07 Å². The fourth-order valence-corrected chi connectivity index (χ4v) is 6.31. The number of carbonyl (C=O) groups excluding carboxylic acids is 2. The van der Waals surface area contributed by atoms with Crippen LogP contribution in [0.25, 0.3) is 0 Å². The van der Waals surface area contributed by atoms with Gasteiger partial charge < -0.3 is 5.32 Å². The highest BCUT2D eigenvalue weighted by Gasteiger charge is 2.28. The Labute approximate surface area is 187 Å². The van der Waals surface area contributed by atoms with Crippen LogP contribution in [0.15, 0.2) is 40.6 Å². The number of benzene rings is 1. The van der Waals surface area contributed by atoms with Crippen molar-refractivity contribution in [2.24, 2.45) is 0 Å². The molecule has 156 valence electrons. The minimum absolute atomic E-state index is 0.0115. The third kappa shape index (κ3) is 4.09. The van der Waals surface area contributed by atoms with Gasteiger partial charge in [0.1, 0.15) is 5.00 Å². The van der Waals surface area contributed by atoms with E-state index in [0.717, 1.165) is 42.4 Å². The van der Waals surface area contributed by atoms with Crippen LogP contribution < -0.4 is 5.32 Å². The molecule has 5 nitrogen and oxygen atoms in total. The molecule has 1 N–H and O–H groups in total. The molecule has 0 bridgehead atoms. The molecule has 30 heavy (non-hydrogen) atoms. The van der Waals surface area contributed by atoms with Gasteiger partial charge in [0.2, 0.25) is 5.78 Å². The first kappa shape index (κ1) is 21.2. The summed E-state index contributed by atoms with van der Waals surface area (Å²) in [6, 6.07) is 7.62. The molecule has 0 unspecified atom stereocenters. The average Bonchev–Trinajstić information content (AvgIpc) is 3.34. The van der Waals surface area contributed by atoms with Crippen molar-refractivity contribution >= 4 is 60.8 Å². The van der Waals surface area contributed by atoms with Gasteiger partial charge in [-0.25, -0.2) is 8.42 Å². The molecule has 0 radical (unpaired) electrons. The molecule has 4 rings (SSSR count). The molecule has 0 aliphatic heterocycles. The number of halogens is 1. The van der Waals surface area contributed by atoms with Gasteiger partial charge in [-0.3, -0.25) is 9.59 Å². The third-order valence-electron chi connectivity index (χ3n) is 4.98. The molecule has 9 heteroatoms. The first-order valence-electron chi connectivity index (χ1n) is 9.29. The maximum atomic E-state index is 13.2. The van der Waals surface area contributed by atoms with E-state index in [9.17, 15) is 18.0 Å². The number of hydrogen-bond acceptors (Lipinski definition) is 6. The molecule has 0 saturated carbocycles. The fourth-order valence-electron chi connectivity index (χ4n) is 3.50. The maximum Gasteiger partial charge on any atom is 0.257 e. The number of amides is 1. The van der Waals surface area contributed by atoms with Gasteiger partial charge in [0.25, 0.3) is 5.91 Å². The van der Waals surface area contributed by atoms with E-state index in [2.05, 4.69) is 5.32 Å². The Kier molecular flexibility index (Phi) is 5.85. The van der Waals surface area contributed by atoms with Crippen LogP contribution in [-0.2, 0) is 22.7 Å². The molecule has 2 heterocycles. The number of ketones is 1. The monoisotopic (exact) mass is 479 g/mol. The Morgan fingerprint density at radius 1 is 1.13 bits per heavy atom. The summed E-state index contributed by atoms with van der Waals surface area (Å²) in [6.45, 7) is 0. The number of thiophene rings is 2. The Morgan fingerprint density at radius 3 is 2.60 bits per heavy atom. The summed E-state index contributed by atoms with van der Waals surface area (Å²) in [5, 5.41) is 5.32. The molecule has 1 aliphatic carbocycles. The minimum Gasteiger partial charge on any atom is -0.313 e. The van der Waals surface area contributed by atoms with Crippen LogP contribution in [-0.4, -0.2) is 26.4 Å². The lowest BCUT2D eigenvalue weighted by atomic mass is 9.93. The highest BCUT2D eigenvalue weighted by Crippen LogP contribution is 2.40. The molecule has 0 atom stereocenters. The molecule has 0 saturated heterocycles. The Balaban J connectivity index is 1.74. The normalized spacial score (nSPS) is 13.7. The molecule has 3 aromatic rings. The molecule has 1 amide bonds. The quantitative estimate of drug-likeness (QED) is 0.508. The zero-order chi connectivity index (χ0) is 21.5. The lowest BCUT2D eigenvalue weighted by Crippen LogP contribution is -2.15. The van der Waals surface area contributed by atoms with E-state index in [1.807, 2.05) is 11.4 Å². The second kappa shape index (κ2) is 8.26. The molecule has 1 aliphatic rings. The lowest BCUT2D eigenvalue weighted by Gasteiger charge is -2.12. The predicted molar refractivity (Wildman–Crippen MR) is 121 cm³/mol. The van der Waals surface area contributed by atoms with Crippen LogP contribution in [0.3, 0.4) is 0 Å². The fraction of sp³-hybridized carbons (Fsp3) is 0.238. The first-order chi connectivity index (χ1) is 14.3. The maximum absolute atomic E-state index is 13.2. The number of anilines is 1. The largest absolute Gasteiger partial charge is 0.313 e. The SMILES string of the molecule is CS(=O)(=O)c1ccc(Cl)c(C(=O)Nc2sc3c(c2C(=O)c2cccs2)CCCC3)c1. The highest BCUT2D eigenvalue weighted by atomic mass is 35.5. The smallest absolute Gasteiger partial charge is 0.257 e. The van der Waals surface area contributed by atoms with Gasteiger partial charge in [-0.2, -0.15) is 0 Å². The van der Waals surface area contributed by atoms with Crippen molar-refractivity contribution in [1.82, 2.24) is 0 Å². The molecule has 2 aromatic heterocycles. The van der Waals surface area contributed by atoms with Gasteiger partial charge in [-0.05, 0) is 60.9 Å². The molecule has 1 aromatic carbocycles. The molecule has 0 fully saturated rings. The van der Waals surface area contributed by atoms with Crippen LogP contribution in [0.1, 0.15) is 48.9 Å². The van der Waals surface area contributed by atoms with Gasteiger partial charge in [-0.1, -0.05) is 17.7 Å². The van der Waals surface area contributed by atoms with Gasteiger partial charge in [0, 0.05) is 11.1 Å². The first-order valence-corrected chi connectivity index (χ1v) is 13.3. The van der Waals surface area contributed by atoms with Crippen molar-refractivity contribution in [3.8, 4) is 0 Å².